The number of hydrogen-bond acceptors (Lipinski definition) is 0. The third-order valence-corrected chi connectivity index (χ3v) is 6.95. The highest BCUT2D eigenvalue weighted by Crippen LogP contribution is 2.61. The van der Waals surface area contributed by atoms with Crippen LogP contribution in [0.5, 0.6) is 0 Å². The molecule has 1 saturated carbocycles. The van der Waals surface area contributed by atoms with Crippen LogP contribution in [0.2, 0.25) is 0 Å². The molecule has 5 aliphatic carbocycles. The second-order valence-corrected chi connectivity index (χ2v) is 8.03. The Morgan fingerprint density at radius 1 is 0.654 bits per heavy atom. The monoisotopic (exact) mass is 330 g/mol. The van der Waals surface area contributed by atoms with Crippen molar-refractivity contribution in [3.8, 4) is 0 Å². The molecule has 26 heavy (non-hydrogen) atoms. The van der Waals surface area contributed by atoms with Crippen molar-refractivity contribution < 1.29 is 0 Å². The molecule has 122 valence electrons. The Kier molecular flexibility index (Phi) is 2.29. The van der Waals surface area contributed by atoms with Gasteiger partial charge in [0.15, 0.2) is 0 Å². The summed E-state index contributed by atoms with van der Waals surface area (Å²) in [4.78, 5) is 0. The minimum atomic E-state index is 0.545. The highest BCUT2D eigenvalue weighted by atomic mass is 14.5. The molecule has 2 aromatic carbocycles. The second kappa shape index (κ2) is 4.45. The minimum Gasteiger partial charge on any atom is -0.0624 e. The Bertz CT molecular complexity index is 1130. The van der Waals surface area contributed by atoms with Crippen LogP contribution >= 0.6 is 0 Å². The highest BCUT2D eigenvalue weighted by Gasteiger charge is 2.45. The average molecular weight is 330 g/mol. The number of allylic oxidation sites excluding steroid dienone is 12. The first kappa shape index (κ1) is 13.4. The Hall–Kier alpha value is -2.86. The first-order valence-corrected chi connectivity index (χ1v) is 9.67. The van der Waals surface area contributed by atoms with Gasteiger partial charge in [-0.15, -0.1) is 0 Å². The van der Waals surface area contributed by atoms with Crippen LogP contribution in [-0.2, 0) is 0 Å². The largest absolute Gasteiger partial charge is 0.0624 e. The maximum Gasteiger partial charge on any atom is 0.0164 e. The summed E-state index contributed by atoms with van der Waals surface area (Å²) in [6.07, 6.45) is 16.5. The molecule has 0 heteroatoms. The lowest BCUT2D eigenvalue weighted by Crippen LogP contribution is -2.32. The van der Waals surface area contributed by atoms with Crippen molar-refractivity contribution in [2.45, 2.75) is 12.8 Å². The summed E-state index contributed by atoms with van der Waals surface area (Å²) in [5.41, 5.74) is 12.3. The van der Waals surface area contributed by atoms with E-state index in [1.807, 2.05) is 0 Å². The number of fused-ring (bicyclic) bond motifs is 3. The van der Waals surface area contributed by atoms with E-state index >= 15 is 0 Å². The quantitative estimate of drug-likeness (QED) is 0.525. The molecule has 0 spiro atoms. The van der Waals surface area contributed by atoms with Crippen LogP contribution in [-0.4, -0.2) is 0 Å². The highest BCUT2D eigenvalue weighted by molar-refractivity contribution is 6.25. The van der Waals surface area contributed by atoms with E-state index in [2.05, 4.69) is 72.9 Å². The van der Waals surface area contributed by atoms with Crippen molar-refractivity contribution in [3.05, 3.63) is 106 Å². The molecule has 0 aromatic heterocycles. The van der Waals surface area contributed by atoms with E-state index in [0.29, 0.717) is 11.8 Å². The molecule has 0 nitrogen and oxygen atoms in total. The lowest BCUT2D eigenvalue weighted by atomic mass is 9.59. The second-order valence-electron chi connectivity index (χ2n) is 8.03. The topological polar surface area (TPSA) is 0 Å². The lowest BCUT2D eigenvalue weighted by Gasteiger charge is -2.44. The summed E-state index contributed by atoms with van der Waals surface area (Å²) in [6.45, 7) is 0. The van der Waals surface area contributed by atoms with Crippen LogP contribution in [0.15, 0.2) is 95.1 Å². The van der Waals surface area contributed by atoms with Gasteiger partial charge in [0.2, 0.25) is 0 Å². The van der Waals surface area contributed by atoms with Crippen molar-refractivity contribution in [2.24, 2.45) is 11.8 Å². The Labute approximate surface area is 153 Å². The molecule has 2 atom stereocenters. The van der Waals surface area contributed by atoms with E-state index in [1.54, 1.807) is 22.3 Å². The molecule has 7 rings (SSSR count). The van der Waals surface area contributed by atoms with Crippen LogP contribution in [0.1, 0.15) is 24.0 Å². The fraction of sp³-hybridized carbons (Fsp3) is 0.154. The standard InChI is InChI=1S/C26H18/c1-5-15-6-2-10-19-22(15)18(9-1)25-20-11-3-7-16-13-14-17-8-4-12-21(26(19)25)24(17)23(16)20/h1-12,23-24H,13-14H2/t23-,24-/m0/s1. The van der Waals surface area contributed by atoms with Gasteiger partial charge in [0, 0.05) is 11.8 Å². The van der Waals surface area contributed by atoms with E-state index in [9.17, 15) is 0 Å². The van der Waals surface area contributed by atoms with Crippen molar-refractivity contribution >= 4 is 21.9 Å². The molecule has 0 bridgehead atoms. The predicted octanol–water partition coefficient (Wildman–Crippen LogP) is 6.39. The summed E-state index contributed by atoms with van der Waals surface area (Å²) >= 11 is 0. The van der Waals surface area contributed by atoms with Crippen LogP contribution in [0.4, 0.5) is 0 Å². The summed E-state index contributed by atoms with van der Waals surface area (Å²) in [5, 5.41) is 2.82. The van der Waals surface area contributed by atoms with Crippen molar-refractivity contribution in [3.63, 3.8) is 0 Å². The van der Waals surface area contributed by atoms with Gasteiger partial charge in [-0.1, -0.05) is 84.0 Å². The Morgan fingerprint density at radius 2 is 1.19 bits per heavy atom. The number of hydrogen-bond donors (Lipinski definition) is 0. The molecule has 0 aliphatic heterocycles. The SMILES string of the molecule is C1=CC2=C3C(=C4C=CC=C5CCC(=C1)[C@@H]2[C@@H]54)c1cccc2cccc3c12. The van der Waals surface area contributed by atoms with Crippen LogP contribution in [0.25, 0.3) is 21.9 Å². The molecule has 2 aromatic rings. The zero-order valence-electron chi connectivity index (χ0n) is 14.5. The predicted molar refractivity (Wildman–Crippen MR) is 108 cm³/mol. The molecular formula is C26H18. The molecule has 0 N–H and O–H groups in total. The minimum absolute atomic E-state index is 0.545. The van der Waals surface area contributed by atoms with E-state index < -0.39 is 0 Å². The van der Waals surface area contributed by atoms with E-state index in [-0.39, 0.29) is 0 Å². The molecule has 0 heterocycles. The molecule has 1 fully saturated rings. The van der Waals surface area contributed by atoms with Gasteiger partial charge in [-0.2, -0.15) is 0 Å². The Morgan fingerprint density at radius 3 is 1.73 bits per heavy atom. The maximum absolute atomic E-state index is 2.40. The third kappa shape index (κ3) is 1.40. The fourth-order valence-corrected chi connectivity index (χ4v) is 6.02. The lowest BCUT2D eigenvalue weighted by molar-refractivity contribution is 0.484. The van der Waals surface area contributed by atoms with Gasteiger partial charge in [-0.05, 0) is 57.0 Å². The van der Waals surface area contributed by atoms with Gasteiger partial charge in [0.25, 0.3) is 0 Å². The molecule has 0 saturated heterocycles. The summed E-state index contributed by atoms with van der Waals surface area (Å²) in [7, 11) is 0. The van der Waals surface area contributed by atoms with E-state index in [1.165, 1.54) is 45.9 Å². The molecular weight excluding hydrogens is 312 g/mol. The fourth-order valence-electron chi connectivity index (χ4n) is 6.02. The first-order valence-electron chi connectivity index (χ1n) is 9.67. The smallest absolute Gasteiger partial charge is 0.0164 e. The van der Waals surface area contributed by atoms with Crippen LogP contribution < -0.4 is 0 Å². The zero-order chi connectivity index (χ0) is 16.8. The average Bonchev–Trinajstić information content (AvgIpc) is 3.04. The van der Waals surface area contributed by atoms with Crippen LogP contribution in [0.3, 0.4) is 0 Å². The molecule has 0 radical (unpaired) electrons. The number of benzene rings is 2. The van der Waals surface area contributed by atoms with Crippen LogP contribution in [0, 0.1) is 11.8 Å². The zero-order valence-corrected chi connectivity index (χ0v) is 14.5. The number of rotatable bonds is 0. The van der Waals surface area contributed by atoms with E-state index in [0.717, 1.165) is 0 Å². The normalized spacial score (nSPS) is 26.8. The van der Waals surface area contributed by atoms with Crippen molar-refractivity contribution in [2.75, 3.05) is 0 Å². The summed E-state index contributed by atoms with van der Waals surface area (Å²) in [6, 6.07) is 13.6. The van der Waals surface area contributed by atoms with Crippen molar-refractivity contribution in [1.29, 1.82) is 0 Å². The summed E-state index contributed by atoms with van der Waals surface area (Å²) < 4.78 is 0. The molecule has 0 amide bonds. The maximum atomic E-state index is 2.40. The van der Waals surface area contributed by atoms with Crippen molar-refractivity contribution in [1.82, 2.24) is 0 Å². The van der Waals surface area contributed by atoms with E-state index in [4.69, 9.17) is 0 Å². The first-order chi connectivity index (χ1) is 12.9. The van der Waals surface area contributed by atoms with Gasteiger partial charge < -0.3 is 0 Å². The van der Waals surface area contributed by atoms with Gasteiger partial charge >= 0.3 is 0 Å². The molecule has 0 unspecified atom stereocenters. The molecule has 5 aliphatic rings. The third-order valence-electron chi connectivity index (χ3n) is 6.95. The summed E-state index contributed by atoms with van der Waals surface area (Å²) in [5.74, 6) is 1.09. The van der Waals surface area contributed by atoms with Gasteiger partial charge in [0.05, 0.1) is 0 Å². The van der Waals surface area contributed by atoms with Gasteiger partial charge in [-0.3, -0.25) is 0 Å². The van der Waals surface area contributed by atoms with Gasteiger partial charge in [0.1, 0.15) is 0 Å². The van der Waals surface area contributed by atoms with Gasteiger partial charge in [-0.25, -0.2) is 0 Å². The Balaban J connectivity index is 1.69.